The third-order valence-corrected chi connectivity index (χ3v) is 5.78. The third-order valence-electron chi connectivity index (χ3n) is 5.03. The Hall–Kier alpha value is -3.68. The Labute approximate surface area is 202 Å². The number of benzene rings is 3. The Kier molecular flexibility index (Phi) is 7.91. The highest BCUT2D eigenvalue weighted by molar-refractivity contribution is 7.94. The van der Waals surface area contributed by atoms with Gasteiger partial charge in [0.2, 0.25) is 0 Å². The van der Waals surface area contributed by atoms with E-state index < -0.39 is 0 Å². The molecule has 0 unspecified atom stereocenters. The number of ether oxygens (including phenoxy) is 1. The number of carbonyl (C=O) groups is 1. The van der Waals surface area contributed by atoms with Crippen LogP contribution in [-0.2, 0) is 10.7 Å². The summed E-state index contributed by atoms with van der Waals surface area (Å²) < 4.78 is 12.8. The lowest BCUT2D eigenvalue weighted by molar-refractivity contribution is 0.112. The summed E-state index contributed by atoms with van der Waals surface area (Å²) in [6.45, 7) is 3.17. The SMILES string of the molecule is Cc1ccc(SOCCOc2cccc(-c3ccc(=O)n(Cc4cccc(C=O)c4)n3)c2)cc1. The van der Waals surface area contributed by atoms with Gasteiger partial charge in [-0.15, -0.1) is 0 Å². The Morgan fingerprint density at radius 3 is 2.59 bits per heavy atom. The van der Waals surface area contributed by atoms with Crippen molar-refractivity contribution < 1.29 is 13.7 Å². The third kappa shape index (κ3) is 6.43. The topological polar surface area (TPSA) is 70.4 Å². The average molecular weight is 473 g/mol. The van der Waals surface area contributed by atoms with Crippen LogP contribution in [0.1, 0.15) is 21.5 Å². The predicted octanol–water partition coefficient (Wildman–Crippen LogP) is 5.18. The van der Waals surface area contributed by atoms with Gasteiger partial charge in [-0.25, -0.2) is 4.68 Å². The zero-order valence-electron chi connectivity index (χ0n) is 18.7. The van der Waals surface area contributed by atoms with E-state index in [0.717, 1.165) is 22.3 Å². The van der Waals surface area contributed by atoms with E-state index in [4.69, 9.17) is 8.92 Å². The molecule has 0 fully saturated rings. The molecule has 0 aliphatic heterocycles. The minimum absolute atomic E-state index is 0.212. The highest BCUT2D eigenvalue weighted by Gasteiger charge is 2.07. The van der Waals surface area contributed by atoms with Crippen molar-refractivity contribution in [1.29, 1.82) is 0 Å². The largest absolute Gasteiger partial charge is 0.491 e. The predicted molar refractivity (Wildman–Crippen MR) is 133 cm³/mol. The van der Waals surface area contributed by atoms with Crippen molar-refractivity contribution in [2.75, 3.05) is 13.2 Å². The zero-order chi connectivity index (χ0) is 23.8. The van der Waals surface area contributed by atoms with Crippen molar-refractivity contribution >= 4 is 18.3 Å². The van der Waals surface area contributed by atoms with Gasteiger partial charge in [0.25, 0.3) is 5.56 Å². The van der Waals surface area contributed by atoms with Gasteiger partial charge in [0.05, 0.1) is 18.8 Å². The lowest BCUT2D eigenvalue weighted by Gasteiger charge is -2.10. The van der Waals surface area contributed by atoms with Crippen LogP contribution in [0.5, 0.6) is 5.75 Å². The summed E-state index contributed by atoms with van der Waals surface area (Å²) in [5.74, 6) is 0.694. The molecule has 0 aliphatic rings. The summed E-state index contributed by atoms with van der Waals surface area (Å²) in [5.41, 5.74) is 3.89. The van der Waals surface area contributed by atoms with Crippen LogP contribution in [0.2, 0.25) is 0 Å². The monoisotopic (exact) mass is 472 g/mol. The lowest BCUT2D eigenvalue weighted by Crippen LogP contribution is -2.22. The summed E-state index contributed by atoms with van der Waals surface area (Å²) in [4.78, 5) is 24.4. The fourth-order valence-electron chi connectivity index (χ4n) is 3.30. The number of rotatable bonds is 10. The summed E-state index contributed by atoms with van der Waals surface area (Å²) in [6.07, 6.45) is 0.786. The van der Waals surface area contributed by atoms with Gasteiger partial charge in [-0.1, -0.05) is 48.0 Å². The molecule has 0 saturated heterocycles. The van der Waals surface area contributed by atoms with Crippen LogP contribution in [-0.4, -0.2) is 29.3 Å². The molecule has 0 saturated carbocycles. The average Bonchev–Trinajstić information content (AvgIpc) is 2.86. The Morgan fingerprint density at radius 1 is 0.941 bits per heavy atom. The number of aldehydes is 1. The molecule has 6 nitrogen and oxygen atoms in total. The molecule has 1 heterocycles. The van der Waals surface area contributed by atoms with E-state index in [9.17, 15) is 9.59 Å². The number of nitrogens with zero attached hydrogens (tertiary/aromatic N) is 2. The fourth-order valence-corrected chi connectivity index (χ4v) is 3.83. The van der Waals surface area contributed by atoms with E-state index in [1.165, 1.54) is 28.4 Å². The van der Waals surface area contributed by atoms with E-state index in [-0.39, 0.29) is 12.1 Å². The van der Waals surface area contributed by atoms with Crippen LogP contribution in [0, 0.1) is 6.92 Å². The maximum Gasteiger partial charge on any atom is 0.267 e. The standard InChI is InChI=1S/C27H24N2O4S/c1-20-8-10-25(11-9-20)34-33-15-14-32-24-7-3-6-23(17-24)26-12-13-27(31)29(28-26)18-21-4-2-5-22(16-21)19-30/h2-13,16-17,19H,14-15,18H2,1H3. The van der Waals surface area contributed by atoms with E-state index >= 15 is 0 Å². The Bertz CT molecular complexity index is 1320. The smallest absolute Gasteiger partial charge is 0.267 e. The van der Waals surface area contributed by atoms with E-state index in [2.05, 4.69) is 12.0 Å². The Balaban J connectivity index is 1.37. The van der Waals surface area contributed by atoms with Gasteiger partial charge in [-0.3, -0.25) is 9.59 Å². The van der Waals surface area contributed by atoms with E-state index in [1.807, 2.05) is 54.6 Å². The second-order valence-corrected chi connectivity index (χ2v) is 8.55. The highest BCUT2D eigenvalue weighted by atomic mass is 32.2. The molecular formula is C27H24N2O4S. The molecule has 4 rings (SSSR count). The van der Waals surface area contributed by atoms with E-state index in [0.29, 0.717) is 30.2 Å². The number of aryl methyl sites for hydroxylation is 1. The zero-order valence-corrected chi connectivity index (χ0v) is 19.5. The van der Waals surface area contributed by atoms with Crippen molar-refractivity contribution in [3.8, 4) is 17.0 Å². The molecule has 0 aliphatic carbocycles. The molecule has 3 aromatic carbocycles. The molecule has 0 radical (unpaired) electrons. The van der Waals surface area contributed by atoms with Crippen molar-refractivity contribution in [2.24, 2.45) is 0 Å². The van der Waals surface area contributed by atoms with E-state index in [1.54, 1.807) is 24.3 Å². The first-order chi connectivity index (χ1) is 16.6. The minimum Gasteiger partial charge on any atom is -0.491 e. The Morgan fingerprint density at radius 2 is 1.76 bits per heavy atom. The van der Waals surface area contributed by atoms with Crippen molar-refractivity contribution in [3.05, 3.63) is 112 Å². The fraction of sp³-hybridized carbons (Fsp3) is 0.148. The molecule has 0 N–H and O–H groups in total. The van der Waals surface area contributed by atoms with Crippen LogP contribution in [0.25, 0.3) is 11.3 Å². The molecule has 7 heteroatoms. The van der Waals surface area contributed by atoms with Gasteiger partial charge in [-0.05, 0) is 48.9 Å². The summed E-state index contributed by atoms with van der Waals surface area (Å²) in [7, 11) is 0. The molecule has 34 heavy (non-hydrogen) atoms. The maximum absolute atomic E-state index is 12.3. The summed E-state index contributed by atoms with van der Waals surface area (Å²) >= 11 is 1.33. The van der Waals surface area contributed by atoms with Gasteiger partial charge in [0.15, 0.2) is 0 Å². The second kappa shape index (κ2) is 11.4. The van der Waals surface area contributed by atoms with Gasteiger partial charge in [0, 0.05) is 34.1 Å². The molecule has 1 aromatic heterocycles. The number of hydrogen-bond acceptors (Lipinski definition) is 6. The van der Waals surface area contributed by atoms with Gasteiger partial charge < -0.3 is 8.92 Å². The van der Waals surface area contributed by atoms with Crippen molar-refractivity contribution in [3.63, 3.8) is 0 Å². The second-order valence-electron chi connectivity index (χ2n) is 7.67. The quantitative estimate of drug-likeness (QED) is 0.180. The van der Waals surface area contributed by atoms with Gasteiger partial charge in [-0.2, -0.15) is 5.10 Å². The van der Waals surface area contributed by atoms with Crippen LogP contribution in [0.4, 0.5) is 0 Å². The number of carbonyl (C=O) groups excluding carboxylic acids is 1. The molecule has 0 atom stereocenters. The molecular weight excluding hydrogens is 448 g/mol. The summed E-state index contributed by atoms with van der Waals surface area (Å²) in [6, 6.07) is 26.0. The normalized spacial score (nSPS) is 10.7. The lowest BCUT2D eigenvalue weighted by atomic mass is 10.1. The molecule has 0 bridgehead atoms. The first-order valence-corrected chi connectivity index (χ1v) is 11.6. The molecule has 4 aromatic rings. The van der Waals surface area contributed by atoms with Crippen LogP contribution in [0.3, 0.4) is 0 Å². The first-order valence-electron chi connectivity index (χ1n) is 10.8. The number of hydrogen-bond donors (Lipinski definition) is 0. The maximum atomic E-state index is 12.3. The number of aromatic nitrogens is 2. The van der Waals surface area contributed by atoms with Gasteiger partial charge in [0.1, 0.15) is 18.6 Å². The molecule has 0 amide bonds. The molecule has 172 valence electrons. The molecule has 0 spiro atoms. The van der Waals surface area contributed by atoms with Crippen molar-refractivity contribution in [1.82, 2.24) is 9.78 Å². The summed E-state index contributed by atoms with van der Waals surface area (Å²) in [5, 5.41) is 4.52. The van der Waals surface area contributed by atoms with Crippen molar-refractivity contribution in [2.45, 2.75) is 18.4 Å². The van der Waals surface area contributed by atoms with Crippen LogP contribution in [0.15, 0.2) is 94.6 Å². The minimum atomic E-state index is -0.212. The van der Waals surface area contributed by atoms with Crippen LogP contribution < -0.4 is 10.3 Å². The first kappa shape index (κ1) is 23.5. The highest BCUT2D eigenvalue weighted by Crippen LogP contribution is 2.22. The van der Waals surface area contributed by atoms with Crippen LogP contribution >= 0.6 is 12.0 Å². The van der Waals surface area contributed by atoms with Gasteiger partial charge >= 0.3 is 0 Å².